The van der Waals surface area contributed by atoms with Crippen LogP contribution in [0.4, 0.5) is 0 Å². The minimum Gasteiger partial charge on any atom is -0.787 e. The van der Waals surface area contributed by atoms with Crippen LogP contribution in [0, 0.1) is 5.21 Å². The fourth-order valence-electron chi connectivity index (χ4n) is 0.794. The summed E-state index contributed by atoms with van der Waals surface area (Å²) in [5, 5.41) is 21.0. The van der Waals surface area contributed by atoms with Crippen molar-refractivity contribution in [2.45, 2.75) is 25.8 Å². The minimum atomic E-state index is -1.24. The number of hydrogen-bond acceptors (Lipinski definition) is 4. The van der Waals surface area contributed by atoms with E-state index < -0.39 is 12.0 Å². The number of carboxylic acid groups (broad SMARTS) is 1. The maximum atomic E-state index is 10.9. The minimum absolute atomic E-state index is 0.00463. The maximum Gasteiger partial charge on any atom is 0.319 e. The molecule has 0 aliphatic rings. The summed E-state index contributed by atoms with van der Waals surface area (Å²) in [6, 6.07) is -1.19. The van der Waals surface area contributed by atoms with Gasteiger partial charge in [0.05, 0.1) is 6.04 Å². The summed E-state index contributed by atoms with van der Waals surface area (Å²) in [5.74, 6) is -1.48. The van der Waals surface area contributed by atoms with E-state index in [0.29, 0.717) is 6.54 Å². The van der Waals surface area contributed by atoms with Crippen LogP contribution in [-0.4, -0.2) is 29.6 Å². The van der Waals surface area contributed by atoms with Crippen molar-refractivity contribution in [3.05, 3.63) is 5.21 Å². The molecule has 0 saturated heterocycles. The van der Waals surface area contributed by atoms with Crippen LogP contribution in [-0.2, 0) is 9.59 Å². The molecule has 0 aliphatic heterocycles. The molecule has 76 valence electrons. The van der Waals surface area contributed by atoms with Gasteiger partial charge in [0.1, 0.15) is 0 Å². The average molecular weight is 189 g/mol. The van der Waals surface area contributed by atoms with Crippen LogP contribution in [0.3, 0.4) is 0 Å². The van der Waals surface area contributed by atoms with E-state index in [1.807, 2.05) is 0 Å². The molecule has 0 aromatic carbocycles. The van der Waals surface area contributed by atoms with Crippen LogP contribution in [0.1, 0.15) is 19.8 Å². The molecule has 1 atom stereocenters. The van der Waals surface area contributed by atoms with Gasteiger partial charge in [-0.1, -0.05) is 0 Å². The fraction of sp³-hybridized carbons (Fsp3) is 0.714. The zero-order valence-electron chi connectivity index (χ0n) is 7.37. The molecule has 0 saturated carbocycles. The highest BCUT2D eigenvalue weighted by atomic mass is 16.5. The number of amides is 1. The second-order valence-electron chi connectivity index (χ2n) is 2.50. The molecule has 6 heteroatoms. The lowest BCUT2D eigenvalue weighted by molar-refractivity contribution is -0.139. The van der Waals surface area contributed by atoms with Crippen molar-refractivity contribution in [1.82, 2.24) is 10.8 Å². The number of rotatable bonds is 6. The van der Waals surface area contributed by atoms with Crippen molar-refractivity contribution in [2.75, 3.05) is 6.54 Å². The van der Waals surface area contributed by atoms with Crippen molar-refractivity contribution in [3.63, 3.8) is 0 Å². The lowest BCUT2D eigenvalue weighted by atomic mass is 10.1. The maximum absolute atomic E-state index is 10.9. The normalized spacial score (nSPS) is 12.2. The van der Waals surface area contributed by atoms with Gasteiger partial charge in [0.25, 0.3) is 0 Å². The van der Waals surface area contributed by atoms with Gasteiger partial charge in [-0.05, 0) is 13.3 Å². The predicted octanol–water partition coefficient (Wildman–Crippen LogP) is -0.557. The highest BCUT2D eigenvalue weighted by molar-refractivity contribution is 5.78. The Hall–Kier alpha value is -1.14. The second-order valence-corrected chi connectivity index (χ2v) is 2.50. The first-order chi connectivity index (χ1) is 6.11. The van der Waals surface area contributed by atoms with E-state index in [1.54, 1.807) is 6.92 Å². The van der Waals surface area contributed by atoms with Gasteiger partial charge < -0.3 is 21.1 Å². The van der Waals surface area contributed by atoms with Crippen molar-refractivity contribution in [3.8, 4) is 0 Å². The second kappa shape index (κ2) is 6.38. The largest absolute Gasteiger partial charge is 0.787 e. The first kappa shape index (κ1) is 11.9. The van der Waals surface area contributed by atoms with Crippen LogP contribution in [0.15, 0.2) is 0 Å². The number of carboxylic acids is 1. The molecular formula is C7H13N2O4-. The molecule has 6 nitrogen and oxygen atoms in total. The lowest BCUT2D eigenvalue weighted by Crippen LogP contribution is -2.34. The van der Waals surface area contributed by atoms with Gasteiger partial charge in [-0.3, -0.25) is 9.59 Å². The van der Waals surface area contributed by atoms with Crippen molar-refractivity contribution >= 4 is 11.9 Å². The van der Waals surface area contributed by atoms with Gasteiger partial charge in [-0.25, -0.2) is 0 Å². The van der Waals surface area contributed by atoms with Gasteiger partial charge in [0.2, 0.25) is 5.91 Å². The molecule has 0 aromatic rings. The number of hydroxylamine groups is 1. The standard InChI is InChI=1S/C7H13N2O4/c1-2-8-6(10)4-3-5(9-13)7(11)12/h5,9H,2-4H2,1H3,(H,8,10)(H,11,12)/q-1/t5-/m0/s1. The topological polar surface area (TPSA) is 101 Å². The number of aliphatic carboxylic acids is 1. The molecule has 0 radical (unpaired) electrons. The summed E-state index contributed by atoms with van der Waals surface area (Å²) >= 11 is 0. The Kier molecular flexibility index (Phi) is 5.82. The van der Waals surface area contributed by atoms with E-state index in [0.717, 1.165) is 0 Å². The summed E-state index contributed by atoms with van der Waals surface area (Å²) in [5.41, 5.74) is 1.37. The van der Waals surface area contributed by atoms with E-state index in [9.17, 15) is 14.8 Å². The average Bonchev–Trinajstić information content (AvgIpc) is 2.05. The molecular weight excluding hydrogens is 176 g/mol. The lowest BCUT2D eigenvalue weighted by Gasteiger charge is -2.16. The van der Waals surface area contributed by atoms with E-state index in [4.69, 9.17) is 5.11 Å². The van der Waals surface area contributed by atoms with E-state index in [2.05, 4.69) is 5.32 Å². The Morgan fingerprint density at radius 1 is 1.54 bits per heavy atom. The highest BCUT2D eigenvalue weighted by Gasteiger charge is 2.13. The Bertz CT molecular complexity index is 183. The number of hydrogen-bond donors (Lipinski definition) is 3. The fourth-order valence-corrected chi connectivity index (χ4v) is 0.794. The molecule has 0 unspecified atom stereocenters. The van der Waals surface area contributed by atoms with Crippen LogP contribution >= 0.6 is 0 Å². The Morgan fingerprint density at radius 2 is 2.15 bits per heavy atom. The molecule has 13 heavy (non-hydrogen) atoms. The van der Waals surface area contributed by atoms with Gasteiger partial charge in [-0.2, -0.15) is 0 Å². The molecule has 3 N–H and O–H groups in total. The van der Waals surface area contributed by atoms with Gasteiger partial charge >= 0.3 is 5.97 Å². The Labute approximate surface area is 75.9 Å². The van der Waals surface area contributed by atoms with E-state index >= 15 is 0 Å². The monoisotopic (exact) mass is 189 g/mol. The molecule has 1 amide bonds. The molecule has 0 aliphatic carbocycles. The zero-order valence-corrected chi connectivity index (χ0v) is 7.37. The number of nitrogens with one attached hydrogen (secondary N) is 2. The van der Waals surface area contributed by atoms with Crippen molar-refractivity contribution < 1.29 is 14.7 Å². The molecule has 0 bridgehead atoms. The molecule has 0 rings (SSSR count). The smallest absolute Gasteiger partial charge is 0.319 e. The molecule has 0 spiro atoms. The SMILES string of the molecule is CCNC(=O)CC[C@H](N[O-])C(=O)O. The van der Waals surface area contributed by atoms with E-state index in [-0.39, 0.29) is 18.7 Å². The first-order valence-electron chi connectivity index (χ1n) is 3.99. The number of carbonyl (C=O) groups excluding carboxylic acids is 1. The number of carbonyl (C=O) groups is 2. The van der Waals surface area contributed by atoms with Gasteiger partial charge in [-0.15, -0.1) is 0 Å². The summed E-state index contributed by atoms with van der Waals surface area (Å²) < 4.78 is 0. The highest BCUT2D eigenvalue weighted by Crippen LogP contribution is 1.96. The third-order valence-electron chi connectivity index (χ3n) is 1.47. The molecule has 0 heterocycles. The van der Waals surface area contributed by atoms with Crippen LogP contribution in [0.5, 0.6) is 0 Å². The Balaban J connectivity index is 3.72. The van der Waals surface area contributed by atoms with Crippen LogP contribution in [0.2, 0.25) is 0 Å². The van der Waals surface area contributed by atoms with Crippen LogP contribution in [0.25, 0.3) is 0 Å². The van der Waals surface area contributed by atoms with Crippen LogP contribution < -0.4 is 10.8 Å². The first-order valence-corrected chi connectivity index (χ1v) is 3.99. The Morgan fingerprint density at radius 3 is 2.54 bits per heavy atom. The summed E-state index contributed by atoms with van der Waals surface area (Å²) in [6.07, 6.45) is 0.0463. The van der Waals surface area contributed by atoms with E-state index in [1.165, 1.54) is 5.48 Å². The summed E-state index contributed by atoms with van der Waals surface area (Å²) in [7, 11) is 0. The predicted molar refractivity (Wildman–Crippen MR) is 45.8 cm³/mol. The van der Waals surface area contributed by atoms with Crippen molar-refractivity contribution in [2.24, 2.45) is 0 Å². The zero-order chi connectivity index (χ0) is 10.3. The third kappa shape index (κ3) is 5.15. The molecule has 0 fully saturated rings. The third-order valence-corrected chi connectivity index (χ3v) is 1.47. The summed E-state index contributed by atoms with van der Waals surface area (Å²) in [4.78, 5) is 21.2. The van der Waals surface area contributed by atoms with Gasteiger partial charge in [0.15, 0.2) is 0 Å². The molecule has 0 aromatic heterocycles. The quantitative estimate of drug-likeness (QED) is 0.486. The van der Waals surface area contributed by atoms with Crippen molar-refractivity contribution in [1.29, 1.82) is 0 Å². The van der Waals surface area contributed by atoms with Gasteiger partial charge in [0, 0.05) is 13.0 Å². The summed E-state index contributed by atoms with van der Waals surface area (Å²) in [6.45, 7) is 2.26.